The molecule has 1 heterocycles. The van der Waals surface area contributed by atoms with Gasteiger partial charge in [0, 0.05) is 12.1 Å². The fourth-order valence-corrected chi connectivity index (χ4v) is 2.29. The molecule has 1 aliphatic heterocycles. The minimum Gasteiger partial charge on any atom is -0.349 e. The summed E-state index contributed by atoms with van der Waals surface area (Å²) in [6.45, 7) is 11.2. The Balaban J connectivity index is 1.89. The molecule has 4 heteroatoms. The molecule has 2 rings (SSSR count). The third-order valence-electron chi connectivity index (χ3n) is 3.57. The maximum absolute atomic E-state index is 12.1. The van der Waals surface area contributed by atoms with Gasteiger partial charge in [0.2, 0.25) is 0 Å². The molecule has 1 N–H and O–H groups in total. The highest BCUT2D eigenvalue weighted by Crippen LogP contribution is 2.23. The summed E-state index contributed by atoms with van der Waals surface area (Å²) in [7, 11) is 0. The van der Waals surface area contributed by atoms with Crippen molar-refractivity contribution < 1.29 is 14.3 Å². The molecule has 4 nitrogen and oxygen atoms in total. The van der Waals surface area contributed by atoms with Crippen LogP contribution in [-0.2, 0) is 14.9 Å². The average molecular weight is 291 g/mol. The Labute approximate surface area is 126 Å². The number of hydrogen-bond acceptors (Lipinski definition) is 3. The number of carbonyl (C=O) groups excluding carboxylic acids is 1. The van der Waals surface area contributed by atoms with Gasteiger partial charge in [0.05, 0.1) is 6.61 Å². The Morgan fingerprint density at radius 2 is 1.90 bits per heavy atom. The third kappa shape index (κ3) is 4.29. The van der Waals surface area contributed by atoms with Crippen LogP contribution in [-0.4, -0.2) is 30.9 Å². The van der Waals surface area contributed by atoms with Crippen LogP contribution in [0.2, 0.25) is 0 Å². The van der Waals surface area contributed by atoms with E-state index < -0.39 is 5.79 Å². The summed E-state index contributed by atoms with van der Waals surface area (Å²) in [5.74, 6) is -0.632. The first-order valence-electron chi connectivity index (χ1n) is 7.38. The Bertz CT molecular complexity index is 500. The van der Waals surface area contributed by atoms with Gasteiger partial charge in [0.25, 0.3) is 5.91 Å². The van der Waals surface area contributed by atoms with E-state index in [9.17, 15) is 4.79 Å². The minimum atomic E-state index is -0.552. The molecule has 116 valence electrons. The van der Waals surface area contributed by atoms with Gasteiger partial charge in [0.15, 0.2) is 5.79 Å². The molecule has 1 aromatic carbocycles. The van der Waals surface area contributed by atoms with Crippen LogP contribution in [0.1, 0.15) is 50.5 Å². The molecular formula is C17H25NO3. The normalized spacial score (nSPS) is 21.3. The first kappa shape index (κ1) is 16.0. The summed E-state index contributed by atoms with van der Waals surface area (Å²) < 4.78 is 11.1. The fraction of sp³-hybridized carbons (Fsp3) is 0.588. The lowest BCUT2D eigenvalue weighted by molar-refractivity contribution is -0.137. The fourth-order valence-electron chi connectivity index (χ4n) is 2.29. The van der Waals surface area contributed by atoms with E-state index in [2.05, 4.69) is 26.1 Å². The van der Waals surface area contributed by atoms with Crippen LogP contribution in [0, 0.1) is 0 Å². The number of hydrogen-bond donors (Lipinski definition) is 1. The van der Waals surface area contributed by atoms with Crippen LogP contribution in [0.15, 0.2) is 24.3 Å². The molecule has 1 fully saturated rings. The lowest BCUT2D eigenvalue weighted by Crippen LogP contribution is -2.34. The third-order valence-corrected chi connectivity index (χ3v) is 3.57. The number of ether oxygens (including phenoxy) is 2. The van der Waals surface area contributed by atoms with Crippen molar-refractivity contribution in [3.05, 3.63) is 35.4 Å². The quantitative estimate of drug-likeness (QED) is 0.931. The Hall–Kier alpha value is -1.39. The minimum absolute atomic E-state index is 0.0798. The Morgan fingerprint density at radius 3 is 2.38 bits per heavy atom. The van der Waals surface area contributed by atoms with Crippen molar-refractivity contribution >= 4 is 5.91 Å². The highest BCUT2D eigenvalue weighted by Gasteiger charge is 2.32. The zero-order chi connectivity index (χ0) is 15.7. The van der Waals surface area contributed by atoms with E-state index in [1.807, 2.05) is 38.1 Å². The molecule has 0 aliphatic carbocycles. The summed E-state index contributed by atoms with van der Waals surface area (Å²) >= 11 is 0. The first-order valence-corrected chi connectivity index (χ1v) is 7.38. The smallest absolute Gasteiger partial charge is 0.251 e. The van der Waals surface area contributed by atoms with Crippen molar-refractivity contribution in [3.8, 4) is 0 Å². The molecule has 1 aromatic rings. The van der Waals surface area contributed by atoms with E-state index in [0.717, 1.165) is 0 Å². The predicted molar refractivity (Wildman–Crippen MR) is 82.4 cm³/mol. The number of carbonyl (C=O) groups is 1. The number of nitrogens with one attached hydrogen (secondary N) is 1. The molecule has 0 aromatic heterocycles. The molecule has 1 amide bonds. The van der Waals surface area contributed by atoms with Gasteiger partial charge < -0.3 is 14.8 Å². The number of benzene rings is 1. The second kappa shape index (κ2) is 5.78. The van der Waals surface area contributed by atoms with Crippen molar-refractivity contribution in [2.24, 2.45) is 0 Å². The summed E-state index contributed by atoms with van der Waals surface area (Å²) in [4.78, 5) is 12.1. The summed E-state index contributed by atoms with van der Waals surface area (Å²) in [6.07, 6.45) is -0.0854. The predicted octanol–water partition coefficient (Wildman–Crippen LogP) is 2.87. The largest absolute Gasteiger partial charge is 0.349 e. The number of rotatable bonds is 3. The van der Waals surface area contributed by atoms with Gasteiger partial charge in [-0.1, -0.05) is 32.9 Å². The second-order valence-electron chi connectivity index (χ2n) is 6.99. The van der Waals surface area contributed by atoms with Gasteiger partial charge in [-0.15, -0.1) is 0 Å². The maximum Gasteiger partial charge on any atom is 0.251 e. The zero-order valence-corrected chi connectivity index (χ0v) is 13.5. The highest BCUT2D eigenvalue weighted by molar-refractivity contribution is 5.94. The standard InChI is InChI=1S/C17H25NO3/c1-16(2,3)13-8-6-12(7-9-13)15(19)18-10-14-11-20-17(4,5)21-14/h6-9,14H,10-11H2,1-5H3,(H,18,19). The van der Waals surface area contributed by atoms with Crippen LogP contribution >= 0.6 is 0 Å². The lowest BCUT2D eigenvalue weighted by atomic mass is 9.87. The zero-order valence-electron chi connectivity index (χ0n) is 13.5. The maximum atomic E-state index is 12.1. The molecule has 1 aliphatic rings. The second-order valence-corrected chi connectivity index (χ2v) is 6.99. The molecule has 1 unspecified atom stereocenters. The van der Waals surface area contributed by atoms with Crippen molar-refractivity contribution in [1.29, 1.82) is 0 Å². The van der Waals surface area contributed by atoms with Crippen molar-refractivity contribution in [2.75, 3.05) is 13.2 Å². The molecule has 1 atom stereocenters. The van der Waals surface area contributed by atoms with E-state index in [1.165, 1.54) is 5.56 Å². The summed E-state index contributed by atoms with van der Waals surface area (Å²) in [5.41, 5.74) is 1.98. The molecule has 0 bridgehead atoms. The van der Waals surface area contributed by atoms with Crippen LogP contribution in [0.4, 0.5) is 0 Å². The van der Waals surface area contributed by atoms with E-state index >= 15 is 0 Å². The van der Waals surface area contributed by atoms with Crippen LogP contribution in [0.25, 0.3) is 0 Å². The van der Waals surface area contributed by atoms with Crippen molar-refractivity contribution in [1.82, 2.24) is 5.32 Å². The van der Waals surface area contributed by atoms with E-state index in [1.54, 1.807) is 0 Å². The van der Waals surface area contributed by atoms with Gasteiger partial charge >= 0.3 is 0 Å². The molecule has 21 heavy (non-hydrogen) atoms. The van der Waals surface area contributed by atoms with E-state index in [0.29, 0.717) is 18.7 Å². The molecular weight excluding hydrogens is 266 g/mol. The Morgan fingerprint density at radius 1 is 1.29 bits per heavy atom. The molecule has 1 saturated heterocycles. The van der Waals surface area contributed by atoms with E-state index in [-0.39, 0.29) is 17.4 Å². The van der Waals surface area contributed by atoms with Crippen molar-refractivity contribution in [2.45, 2.75) is 51.9 Å². The summed E-state index contributed by atoms with van der Waals surface area (Å²) in [6, 6.07) is 7.75. The molecule has 0 saturated carbocycles. The first-order chi connectivity index (χ1) is 9.67. The topological polar surface area (TPSA) is 47.6 Å². The van der Waals surface area contributed by atoms with E-state index in [4.69, 9.17) is 9.47 Å². The van der Waals surface area contributed by atoms with Gasteiger partial charge in [-0.25, -0.2) is 0 Å². The number of amides is 1. The van der Waals surface area contributed by atoms with Crippen LogP contribution in [0.5, 0.6) is 0 Å². The van der Waals surface area contributed by atoms with Crippen LogP contribution < -0.4 is 5.32 Å². The highest BCUT2D eigenvalue weighted by atomic mass is 16.7. The van der Waals surface area contributed by atoms with Gasteiger partial charge in [0.1, 0.15) is 6.10 Å². The molecule has 0 spiro atoms. The van der Waals surface area contributed by atoms with Gasteiger partial charge in [-0.3, -0.25) is 4.79 Å². The van der Waals surface area contributed by atoms with Gasteiger partial charge in [-0.2, -0.15) is 0 Å². The average Bonchev–Trinajstić information content (AvgIpc) is 2.75. The lowest BCUT2D eigenvalue weighted by Gasteiger charge is -2.19. The summed E-state index contributed by atoms with van der Waals surface area (Å²) in [5, 5.41) is 2.89. The SMILES string of the molecule is CC1(C)OCC(CNC(=O)c2ccc(C(C)(C)C)cc2)O1. The Kier molecular flexibility index (Phi) is 4.40. The monoisotopic (exact) mass is 291 g/mol. The van der Waals surface area contributed by atoms with Gasteiger partial charge in [-0.05, 0) is 37.0 Å². The molecule has 0 radical (unpaired) electrons. The van der Waals surface area contributed by atoms with Crippen LogP contribution in [0.3, 0.4) is 0 Å². The van der Waals surface area contributed by atoms with Crippen molar-refractivity contribution in [3.63, 3.8) is 0 Å².